The van der Waals surface area contributed by atoms with Crippen molar-refractivity contribution < 1.29 is 5.11 Å². The maximum absolute atomic E-state index is 10.3. The quantitative estimate of drug-likeness (QED) is 0.842. The lowest BCUT2D eigenvalue weighted by Gasteiger charge is -2.39. The Morgan fingerprint density at radius 2 is 1.38 bits per heavy atom. The topological polar surface area (TPSA) is 23.5 Å². The zero-order valence-corrected chi connectivity index (χ0v) is 14.1. The van der Waals surface area contributed by atoms with Gasteiger partial charge in [-0.2, -0.15) is 0 Å². The van der Waals surface area contributed by atoms with Crippen LogP contribution in [0.2, 0.25) is 0 Å². The molecule has 0 aromatic heterocycles. The molecule has 0 amide bonds. The molecule has 1 saturated carbocycles. The van der Waals surface area contributed by atoms with Crippen molar-refractivity contribution in [2.24, 2.45) is 0 Å². The maximum atomic E-state index is 10.3. The molecule has 0 heterocycles. The number of nitrogens with zero attached hydrogens (tertiary/aromatic N) is 1. The molecule has 0 spiro atoms. The number of aliphatic hydroxyl groups is 1. The molecule has 0 atom stereocenters. The van der Waals surface area contributed by atoms with Crippen molar-refractivity contribution in [1.29, 1.82) is 0 Å². The lowest BCUT2D eigenvalue weighted by Crippen LogP contribution is -2.42. The first-order valence-corrected chi connectivity index (χ1v) is 8.71. The summed E-state index contributed by atoms with van der Waals surface area (Å²) in [4.78, 5) is 2.53. The molecule has 1 aliphatic rings. The Kier molecular flexibility index (Phi) is 5.35. The smallest absolute Gasteiger partial charge is 0.125 e. The number of hydrogen-bond donors (Lipinski definition) is 1. The minimum Gasteiger partial charge on any atom is -0.378 e. The Balaban J connectivity index is 1.74. The lowest BCUT2D eigenvalue weighted by atomic mass is 9.82. The van der Waals surface area contributed by atoms with E-state index in [0.29, 0.717) is 18.9 Å². The van der Waals surface area contributed by atoms with E-state index in [9.17, 15) is 5.11 Å². The van der Waals surface area contributed by atoms with Gasteiger partial charge in [0.1, 0.15) is 5.60 Å². The molecule has 2 heteroatoms. The summed E-state index contributed by atoms with van der Waals surface area (Å²) in [7, 11) is 0. The van der Waals surface area contributed by atoms with Gasteiger partial charge in [0, 0.05) is 19.1 Å². The van der Waals surface area contributed by atoms with Crippen LogP contribution in [-0.2, 0) is 13.1 Å². The molecular weight excluding hydrogens is 294 g/mol. The van der Waals surface area contributed by atoms with Crippen molar-refractivity contribution in [3.63, 3.8) is 0 Å². The highest BCUT2D eigenvalue weighted by Gasteiger charge is 2.33. The van der Waals surface area contributed by atoms with E-state index in [2.05, 4.69) is 71.5 Å². The molecule has 0 aliphatic heterocycles. The van der Waals surface area contributed by atoms with Gasteiger partial charge in [-0.25, -0.2) is 0 Å². The first-order chi connectivity index (χ1) is 11.7. The van der Waals surface area contributed by atoms with Crippen molar-refractivity contribution >= 4 is 0 Å². The second-order valence-corrected chi connectivity index (χ2v) is 6.78. The third-order valence-electron chi connectivity index (χ3n) is 5.02. The predicted octanol–water partition coefficient (Wildman–Crippen LogP) is 4.00. The normalized spacial score (nSPS) is 23.8. The van der Waals surface area contributed by atoms with Gasteiger partial charge < -0.3 is 5.11 Å². The lowest BCUT2D eigenvalue weighted by molar-refractivity contribution is 0.0211. The molecule has 2 aromatic rings. The van der Waals surface area contributed by atoms with Crippen LogP contribution in [0, 0.1) is 12.3 Å². The van der Waals surface area contributed by atoms with Crippen molar-refractivity contribution in [3.8, 4) is 12.3 Å². The predicted molar refractivity (Wildman–Crippen MR) is 98.2 cm³/mol. The van der Waals surface area contributed by atoms with Crippen LogP contribution < -0.4 is 0 Å². The average Bonchev–Trinajstić information content (AvgIpc) is 2.64. The van der Waals surface area contributed by atoms with E-state index in [1.165, 1.54) is 11.1 Å². The molecule has 0 saturated heterocycles. The Labute approximate surface area is 145 Å². The molecule has 1 aliphatic carbocycles. The Hall–Kier alpha value is -2.08. The Morgan fingerprint density at radius 1 is 0.917 bits per heavy atom. The summed E-state index contributed by atoms with van der Waals surface area (Å²) in [6.45, 7) is 1.85. The van der Waals surface area contributed by atoms with E-state index in [4.69, 9.17) is 6.42 Å². The van der Waals surface area contributed by atoms with Gasteiger partial charge in [0.05, 0.1) is 0 Å². The highest BCUT2D eigenvalue weighted by atomic mass is 16.3. The van der Waals surface area contributed by atoms with Crippen LogP contribution in [0.1, 0.15) is 36.8 Å². The van der Waals surface area contributed by atoms with Crippen LogP contribution in [-0.4, -0.2) is 21.6 Å². The zero-order valence-electron chi connectivity index (χ0n) is 14.1. The largest absolute Gasteiger partial charge is 0.378 e. The van der Waals surface area contributed by atoms with E-state index in [-0.39, 0.29) is 0 Å². The SMILES string of the molecule is C#C[C@]1(O)CC[C@@H](N(Cc2ccccc2)Cc2ccccc2)CC1. The Morgan fingerprint density at radius 3 is 1.79 bits per heavy atom. The summed E-state index contributed by atoms with van der Waals surface area (Å²) in [5.74, 6) is 2.58. The summed E-state index contributed by atoms with van der Waals surface area (Å²) in [6.07, 6.45) is 8.76. The second-order valence-electron chi connectivity index (χ2n) is 6.78. The third-order valence-corrected chi connectivity index (χ3v) is 5.02. The van der Waals surface area contributed by atoms with Gasteiger partial charge in [-0.05, 0) is 36.8 Å². The van der Waals surface area contributed by atoms with Gasteiger partial charge in [-0.1, -0.05) is 66.6 Å². The summed E-state index contributed by atoms with van der Waals surface area (Å²) in [6, 6.07) is 21.6. The molecule has 1 fully saturated rings. The maximum Gasteiger partial charge on any atom is 0.125 e. The van der Waals surface area contributed by atoms with Crippen LogP contribution in [0.5, 0.6) is 0 Å². The van der Waals surface area contributed by atoms with E-state index in [1.54, 1.807) is 0 Å². The van der Waals surface area contributed by atoms with Crippen molar-refractivity contribution in [3.05, 3.63) is 71.8 Å². The van der Waals surface area contributed by atoms with Crippen LogP contribution in [0.15, 0.2) is 60.7 Å². The van der Waals surface area contributed by atoms with Gasteiger partial charge in [0.25, 0.3) is 0 Å². The van der Waals surface area contributed by atoms with Gasteiger partial charge in [-0.3, -0.25) is 4.90 Å². The van der Waals surface area contributed by atoms with Crippen LogP contribution in [0.25, 0.3) is 0 Å². The summed E-state index contributed by atoms with van der Waals surface area (Å²) in [5.41, 5.74) is 1.75. The molecular formula is C22H25NO. The van der Waals surface area contributed by atoms with Crippen molar-refractivity contribution in [1.82, 2.24) is 4.90 Å². The first kappa shape index (κ1) is 16.8. The van der Waals surface area contributed by atoms with Gasteiger partial charge in [0.2, 0.25) is 0 Å². The van der Waals surface area contributed by atoms with E-state index >= 15 is 0 Å². The molecule has 1 N–H and O–H groups in total. The third kappa shape index (κ3) is 4.26. The minimum absolute atomic E-state index is 0.457. The number of benzene rings is 2. The van der Waals surface area contributed by atoms with Crippen molar-refractivity contribution in [2.75, 3.05) is 0 Å². The fourth-order valence-corrected chi connectivity index (χ4v) is 3.54. The minimum atomic E-state index is -0.901. The van der Waals surface area contributed by atoms with Gasteiger partial charge >= 0.3 is 0 Å². The van der Waals surface area contributed by atoms with E-state index in [0.717, 1.165) is 25.9 Å². The van der Waals surface area contributed by atoms with Crippen LogP contribution in [0.3, 0.4) is 0 Å². The monoisotopic (exact) mass is 319 g/mol. The molecule has 3 rings (SSSR count). The fraction of sp³-hybridized carbons (Fsp3) is 0.364. The molecule has 24 heavy (non-hydrogen) atoms. The number of hydrogen-bond acceptors (Lipinski definition) is 2. The average molecular weight is 319 g/mol. The molecule has 0 radical (unpaired) electrons. The van der Waals surface area contributed by atoms with Gasteiger partial charge in [-0.15, -0.1) is 6.42 Å². The zero-order chi connectivity index (χ0) is 16.8. The molecule has 2 aromatic carbocycles. The first-order valence-electron chi connectivity index (χ1n) is 8.71. The van der Waals surface area contributed by atoms with Crippen LogP contribution in [0.4, 0.5) is 0 Å². The molecule has 2 nitrogen and oxygen atoms in total. The highest BCUT2D eigenvalue weighted by Crippen LogP contribution is 2.32. The van der Waals surface area contributed by atoms with Gasteiger partial charge in [0.15, 0.2) is 0 Å². The summed E-state index contributed by atoms with van der Waals surface area (Å²) in [5, 5.41) is 10.3. The number of rotatable bonds is 5. The summed E-state index contributed by atoms with van der Waals surface area (Å²) < 4.78 is 0. The van der Waals surface area contributed by atoms with E-state index < -0.39 is 5.60 Å². The second kappa shape index (κ2) is 7.66. The van der Waals surface area contributed by atoms with Crippen molar-refractivity contribution in [2.45, 2.75) is 50.4 Å². The standard InChI is InChI=1S/C22H25NO/c1-2-22(24)15-13-21(14-16-22)23(17-19-9-5-3-6-10-19)18-20-11-7-4-8-12-20/h1,3-12,21,24H,13-18H2/t21-,22+. The number of terminal acetylenes is 1. The molecule has 124 valence electrons. The fourth-order valence-electron chi connectivity index (χ4n) is 3.54. The molecule has 0 bridgehead atoms. The molecule has 0 unspecified atom stereocenters. The van der Waals surface area contributed by atoms with E-state index in [1.807, 2.05) is 0 Å². The Bertz CT molecular complexity index is 625. The highest BCUT2D eigenvalue weighted by molar-refractivity contribution is 5.18. The van der Waals surface area contributed by atoms with Crippen LogP contribution >= 0.6 is 0 Å². The summed E-state index contributed by atoms with van der Waals surface area (Å²) >= 11 is 0.